The van der Waals surface area contributed by atoms with Crippen LogP contribution in [-0.2, 0) is 4.79 Å². The number of aryl methyl sites for hydroxylation is 1. The predicted molar refractivity (Wildman–Crippen MR) is 81.8 cm³/mol. The van der Waals surface area contributed by atoms with E-state index in [1.807, 2.05) is 0 Å². The van der Waals surface area contributed by atoms with Crippen molar-refractivity contribution in [2.75, 3.05) is 20.1 Å². The van der Waals surface area contributed by atoms with E-state index in [4.69, 9.17) is 0 Å². The second-order valence-corrected chi connectivity index (χ2v) is 6.96. The molecule has 0 radical (unpaired) electrons. The first-order valence-electron chi connectivity index (χ1n) is 7.95. The molecule has 1 saturated carbocycles. The number of rotatable bonds is 2. The van der Waals surface area contributed by atoms with Gasteiger partial charge in [-0.05, 0) is 45.3 Å². The maximum Gasteiger partial charge on any atom is 0.244 e. The number of nitrogens with zero attached hydrogens (tertiary/aromatic N) is 2. The molecule has 0 aromatic heterocycles. The van der Waals surface area contributed by atoms with E-state index in [1.54, 1.807) is 0 Å². The van der Waals surface area contributed by atoms with Gasteiger partial charge in [0, 0.05) is 12.6 Å². The van der Waals surface area contributed by atoms with Crippen LogP contribution in [-0.4, -0.2) is 47.4 Å². The van der Waals surface area contributed by atoms with Crippen LogP contribution in [0, 0.1) is 6.92 Å². The minimum Gasteiger partial charge on any atom is -0.317 e. The summed E-state index contributed by atoms with van der Waals surface area (Å²) in [6.07, 6.45) is 3.13. The normalized spacial score (nSPS) is 31.3. The van der Waals surface area contributed by atoms with Crippen molar-refractivity contribution in [3.63, 3.8) is 0 Å². The molecule has 4 heteroatoms. The van der Waals surface area contributed by atoms with Crippen molar-refractivity contribution in [2.24, 2.45) is 0 Å². The Morgan fingerprint density at radius 2 is 1.95 bits per heavy atom. The van der Waals surface area contributed by atoms with Crippen LogP contribution in [0.5, 0.6) is 0 Å². The van der Waals surface area contributed by atoms with Gasteiger partial charge in [-0.15, -0.1) is 0 Å². The first-order valence-corrected chi connectivity index (χ1v) is 7.95. The summed E-state index contributed by atoms with van der Waals surface area (Å²) in [5.41, 5.74) is 2.24. The molecule has 2 aliphatic heterocycles. The third kappa shape index (κ3) is 2.09. The van der Waals surface area contributed by atoms with Crippen molar-refractivity contribution in [2.45, 2.75) is 43.9 Å². The van der Waals surface area contributed by atoms with E-state index in [0.29, 0.717) is 11.9 Å². The van der Waals surface area contributed by atoms with E-state index >= 15 is 0 Å². The first-order chi connectivity index (χ1) is 10.1. The predicted octanol–water partition coefficient (Wildman–Crippen LogP) is 1.66. The van der Waals surface area contributed by atoms with Crippen molar-refractivity contribution in [3.05, 3.63) is 35.4 Å². The number of nitrogens with one attached hydrogen (secondary N) is 1. The lowest BCUT2D eigenvalue weighted by atomic mass is 10.1. The average molecular weight is 285 g/mol. The molecule has 2 atom stereocenters. The number of carbonyl (C=O) groups excluding carboxylic acids is 1. The van der Waals surface area contributed by atoms with Crippen LogP contribution >= 0.6 is 0 Å². The summed E-state index contributed by atoms with van der Waals surface area (Å²) in [4.78, 5) is 17.3. The van der Waals surface area contributed by atoms with Gasteiger partial charge in [-0.2, -0.15) is 0 Å². The van der Waals surface area contributed by atoms with E-state index in [1.165, 1.54) is 11.1 Å². The van der Waals surface area contributed by atoms with E-state index < -0.39 is 0 Å². The molecule has 1 aromatic carbocycles. The summed E-state index contributed by atoms with van der Waals surface area (Å²) in [5, 5.41) is 3.63. The topological polar surface area (TPSA) is 35.6 Å². The minimum absolute atomic E-state index is 0.0529. The van der Waals surface area contributed by atoms with Crippen molar-refractivity contribution in [3.8, 4) is 0 Å². The zero-order chi connectivity index (χ0) is 14.6. The van der Waals surface area contributed by atoms with E-state index in [-0.39, 0.29) is 11.7 Å². The highest BCUT2D eigenvalue weighted by Gasteiger charge is 2.60. The van der Waals surface area contributed by atoms with Gasteiger partial charge in [0.2, 0.25) is 5.91 Å². The second-order valence-electron chi connectivity index (χ2n) is 6.96. The Labute approximate surface area is 126 Å². The molecule has 1 N–H and O–H groups in total. The Morgan fingerprint density at radius 3 is 2.52 bits per heavy atom. The number of hydrogen-bond acceptors (Lipinski definition) is 3. The van der Waals surface area contributed by atoms with Crippen LogP contribution in [0.2, 0.25) is 0 Å². The van der Waals surface area contributed by atoms with Crippen molar-refractivity contribution >= 4 is 5.91 Å². The van der Waals surface area contributed by atoms with Crippen molar-refractivity contribution in [1.82, 2.24) is 15.1 Å². The highest BCUT2D eigenvalue weighted by molar-refractivity contribution is 5.92. The molecule has 2 heterocycles. The molecular weight excluding hydrogens is 262 g/mol. The van der Waals surface area contributed by atoms with Gasteiger partial charge in [0.1, 0.15) is 11.7 Å². The van der Waals surface area contributed by atoms with Gasteiger partial charge in [-0.1, -0.05) is 29.8 Å². The molecule has 112 valence electrons. The number of likely N-dealkylation sites (tertiary alicyclic amines) is 1. The summed E-state index contributed by atoms with van der Waals surface area (Å²) in [5.74, 6) is 0.327. The van der Waals surface area contributed by atoms with Crippen LogP contribution in [0.25, 0.3) is 0 Å². The van der Waals surface area contributed by atoms with Gasteiger partial charge in [0.05, 0.1) is 0 Å². The monoisotopic (exact) mass is 285 g/mol. The number of hydrogen-bond donors (Lipinski definition) is 1. The minimum atomic E-state index is -0.239. The second kappa shape index (κ2) is 4.55. The van der Waals surface area contributed by atoms with Gasteiger partial charge >= 0.3 is 0 Å². The van der Waals surface area contributed by atoms with Gasteiger partial charge in [0.25, 0.3) is 0 Å². The fourth-order valence-corrected chi connectivity index (χ4v) is 3.75. The molecule has 3 fully saturated rings. The molecule has 2 unspecified atom stereocenters. The fourth-order valence-electron chi connectivity index (χ4n) is 3.75. The van der Waals surface area contributed by atoms with Crippen LogP contribution in [0.15, 0.2) is 24.3 Å². The van der Waals surface area contributed by atoms with Crippen LogP contribution in [0.1, 0.15) is 36.6 Å². The number of benzene rings is 1. The quantitative estimate of drug-likeness (QED) is 0.898. The highest BCUT2D eigenvalue weighted by Crippen LogP contribution is 2.47. The van der Waals surface area contributed by atoms with Crippen LogP contribution < -0.4 is 5.32 Å². The molecule has 0 bridgehead atoms. The Morgan fingerprint density at radius 1 is 1.24 bits per heavy atom. The molecule has 3 aliphatic rings. The van der Waals surface area contributed by atoms with Crippen molar-refractivity contribution < 1.29 is 4.79 Å². The summed E-state index contributed by atoms with van der Waals surface area (Å²) in [7, 11) is 2.14. The first kappa shape index (κ1) is 13.3. The van der Waals surface area contributed by atoms with E-state index in [0.717, 1.165) is 32.4 Å². The number of amides is 1. The number of likely N-dealkylation sites (N-methyl/N-ethyl adjacent to an activating group) is 1. The van der Waals surface area contributed by atoms with Gasteiger partial charge < -0.3 is 9.80 Å². The summed E-state index contributed by atoms with van der Waals surface area (Å²) >= 11 is 0. The summed E-state index contributed by atoms with van der Waals surface area (Å²) in [6.45, 7) is 4.18. The van der Waals surface area contributed by atoms with Gasteiger partial charge in [-0.3, -0.25) is 10.1 Å². The zero-order valence-electron chi connectivity index (χ0n) is 12.8. The van der Waals surface area contributed by atoms with E-state index in [9.17, 15) is 4.79 Å². The molecular formula is C17H23N3O. The Kier molecular flexibility index (Phi) is 2.88. The SMILES string of the molecule is Cc1ccc(C2NC3(CC3)C(=O)N2C2CCN(C)C2)cc1. The number of carbonyl (C=O) groups is 1. The lowest BCUT2D eigenvalue weighted by Crippen LogP contribution is -2.41. The van der Waals surface area contributed by atoms with Crippen molar-refractivity contribution in [1.29, 1.82) is 0 Å². The molecule has 4 rings (SSSR count). The third-order valence-corrected chi connectivity index (χ3v) is 5.24. The lowest BCUT2D eigenvalue weighted by molar-refractivity contribution is -0.132. The maximum atomic E-state index is 12.9. The van der Waals surface area contributed by atoms with Gasteiger partial charge in [-0.25, -0.2) is 0 Å². The summed E-state index contributed by atoms with van der Waals surface area (Å²) in [6, 6.07) is 8.94. The molecule has 1 amide bonds. The largest absolute Gasteiger partial charge is 0.317 e. The average Bonchev–Trinajstić information content (AvgIpc) is 3.04. The zero-order valence-corrected chi connectivity index (χ0v) is 12.8. The van der Waals surface area contributed by atoms with Gasteiger partial charge in [0.15, 0.2) is 0 Å². The highest BCUT2D eigenvalue weighted by atomic mass is 16.2. The molecule has 1 aliphatic carbocycles. The summed E-state index contributed by atoms with van der Waals surface area (Å²) < 4.78 is 0. The lowest BCUT2D eigenvalue weighted by Gasteiger charge is -2.30. The smallest absolute Gasteiger partial charge is 0.244 e. The standard InChI is InChI=1S/C17H23N3O/c1-12-3-5-13(6-4-12)15-18-17(8-9-17)16(21)20(15)14-7-10-19(2)11-14/h3-6,14-15,18H,7-11H2,1-2H3. The van der Waals surface area contributed by atoms with Crippen LogP contribution in [0.3, 0.4) is 0 Å². The maximum absolute atomic E-state index is 12.9. The van der Waals surface area contributed by atoms with E-state index in [2.05, 4.69) is 53.4 Å². The third-order valence-electron chi connectivity index (χ3n) is 5.24. The van der Waals surface area contributed by atoms with Crippen LogP contribution in [0.4, 0.5) is 0 Å². The molecule has 1 aromatic rings. The fraction of sp³-hybridized carbons (Fsp3) is 0.588. The molecule has 2 saturated heterocycles. The Hall–Kier alpha value is -1.39. The molecule has 21 heavy (non-hydrogen) atoms. The Bertz CT molecular complexity index is 564. The molecule has 4 nitrogen and oxygen atoms in total. The molecule has 1 spiro atoms. The Balaban J connectivity index is 1.67.